The van der Waals surface area contributed by atoms with Gasteiger partial charge in [-0.15, -0.1) is 0 Å². The zero-order valence-corrected chi connectivity index (χ0v) is 7.80. The molecule has 0 aliphatic carbocycles. The molecule has 3 N–H and O–H groups in total. The summed E-state index contributed by atoms with van der Waals surface area (Å²) in [7, 11) is 1.29. The molecule has 76 valence electrons. The molecule has 0 amide bonds. The van der Waals surface area contributed by atoms with Gasteiger partial charge in [0.1, 0.15) is 5.69 Å². The van der Waals surface area contributed by atoms with Crippen LogP contribution in [0.5, 0.6) is 0 Å². The third-order valence-electron chi connectivity index (χ3n) is 1.81. The van der Waals surface area contributed by atoms with E-state index in [-0.39, 0.29) is 12.3 Å². The molecule has 0 bridgehead atoms. The maximum absolute atomic E-state index is 11.0. The summed E-state index contributed by atoms with van der Waals surface area (Å²) in [6.45, 7) is -0.154. The summed E-state index contributed by atoms with van der Waals surface area (Å²) in [6.07, 6.45) is 1.45. The fourth-order valence-corrected chi connectivity index (χ4v) is 0.955. The topological polar surface area (TPSA) is 85.4 Å². The smallest absolute Gasteiger partial charge is 0.356 e. The number of methoxy groups -OCH3 is 1. The predicted octanol–water partition coefficient (Wildman–Crippen LogP) is -0.140. The molecule has 5 heteroatoms. The molecule has 0 radical (unpaired) electrons. The van der Waals surface area contributed by atoms with E-state index in [1.54, 1.807) is 6.07 Å². The zero-order chi connectivity index (χ0) is 10.6. The Morgan fingerprint density at radius 1 is 1.71 bits per heavy atom. The van der Waals surface area contributed by atoms with Crippen LogP contribution in [0.4, 0.5) is 0 Å². The van der Waals surface area contributed by atoms with Crippen LogP contribution in [-0.4, -0.2) is 29.8 Å². The molecule has 1 heterocycles. The van der Waals surface area contributed by atoms with Crippen molar-refractivity contribution >= 4 is 5.97 Å². The van der Waals surface area contributed by atoms with Gasteiger partial charge in [-0.1, -0.05) is 6.07 Å². The normalized spacial score (nSPS) is 12.2. The largest absolute Gasteiger partial charge is 0.464 e. The average Bonchev–Trinajstić information content (AvgIpc) is 2.27. The van der Waals surface area contributed by atoms with Crippen LogP contribution in [-0.2, 0) is 4.74 Å². The van der Waals surface area contributed by atoms with Crippen LogP contribution in [0.1, 0.15) is 22.1 Å². The molecule has 14 heavy (non-hydrogen) atoms. The summed E-state index contributed by atoms with van der Waals surface area (Å²) < 4.78 is 4.48. The molecule has 5 nitrogen and oxygen atoms in total. The monoisotopic (exact) mass is 196 g/mol. The second kappa shape index (κ2) is 4.69. The highest BCUT2D eigenvalue weighted by Gasteiger charge is 2.08. The van der Waals surface area contributed by atoms with Gasteiger partial charge >= 0.3 is 5.97 Å². The summed E-state index contributed by atoms with van der Waals surface area (Å²) >= 11 is 0. The Morgan fingerprint density at radius 3 is 2.86 bits per heavy atom. The second-order valence-corrected chi connectivity index (χ2v) is 2.76. The lowest BCUT2D eigenvalue weighted by Crippen LogP contribution is -2.15. The standard InChI is InChI=1S/C9H12N2O3/c1-14-9(13)8-3-2-6(4-11-8)7(10)5-12/h2-4,7,12H,5,10H2,1H3/t7-/m1/s1. The van der Waals surface area contributed by atoms with Crippen molar-refractivity contribution in [3.05, 3.63) is 29.6 Å². The molecule has 1 atom stereocenters. The Labute approximate surface area is 81.5 Å². The van der Waals surface area contributed by atoms with E-state index in [0.29, 0.717) is 5.56 Å². The molecule has 0 saturated heterocycles. The van der Waals surface area contributed by atoms with Gasteiger partial charge in [0, 0.05) is 6.20 Å². The first-order valence-corrected chi connectivity index (χ1v) is 4.09. The lowest BCUT2D eigenvalue weighted by Gasteiger charge is -2.07. The highest BCUT2D eigenvalue weighted by molar-refractivity contribution is 5.86. The van der Waals surface area contributed by atoms with E-state index in [1.807, 2.05) is 0 Å². The number of aliphatic hydroxyl groups is 1. The van der Waals surface area contributed by atoms with E-state index >= 15 is 0 Å². The number of carbonyl (C=O) groups excluding carboxylic acids is 1. The first-order valence-electron chi connectivity index (χ1n) is 4.09. The number of nitrogens with zero attached hydrogens (tertiary/aromatic N) is 1. The van der Waals surface area contributed by atoms with Crippen LogP contribution < -0.4 is 5.73 Å². The molecule has 0 saturated carbocycles. The molecule has 0 aliphatic heterocycles. The summed E-state index contributed by atoms with van der Waals surface area (Å²) in [4.78, 5) is 14.9. The molecule has 1 aromatic heterocycles. The molecule has 0 aliphatic rings. The van der Waals surface area contributed by atoms with E-state index in [1.165, 1.54) is 19.4 Å². The van der Waals surface area contributed by atoms with E-state index in [4.69, 9.17) is 10.8 Å². The highest BCUT2D eigenvalue weighted by Crippen LogP contribution is 2.08. The minimum atomic E-state index is -0.492. The van der Waals surface area contributed by atoms with Gasteiger partial charge in [-0.05, 0) is 11.6 Å². The van der Waals surface area contributed by atoms with Crippen LogP contribution in [0.15, 0.2) is 18.3 Å². The lowest BCUT2D eigenvalue weighted by atomic mass is 10.1. The van der Waals surface area contributed by atoms with Crippen molar-refractivity contribution in [2.24, 2.45) is 5.73 Å². The first-order chi connectivity index (χ1) is 6.69. The van der Waals surface area contributed by atoms with Gasteiger partial charge in [-0.3, -0.25) is 0 Å². The Morgan fingerprint density at radius 2 is 2.43 bits per heavy atom. The minimum absolute atomic E-state index is 0.154. The van der Waals surface area contributed by atoms with Gasteiger partial charge < -0.3 is 15.6 Å². The van der Waals surface area contributed by atoms with E-state index in [2.05, 4.69) is 9.72 Å². The van der Waals surface area contributed by atoms with E-state index in [0.717, 1.165) is 0 Å². The van der Waals surface area contributed by atoms with Gasteiger partial charge in [0.15, 0.2) is 0 Å². The fourth-order valence-electron chi connectivity index (χ4n) is 0.955. The van der Waals surface area contributed by atoms with Crippen LogP contribution in [0.2, 0.25) is 0 Å². The Bertz CT molecular complexity index is 310. The quantitative estimate of drug-likeness (QED) is 0.657. The number of esters is 1. The second-order valence-electron chi connectivity index (χ2n) is 2.76. The molecule has 1 aromatic rings. The van der Waals surface area contributed by atoms with E-state index < -0.39 is 12.0 Å². The minimum Gasteiger partial charge on any atom is -0.464 e. The summed E-state index contributed by atoms with van der Waals surface area (Å²) in [6, 6.07) is 2.69. The van der Waals surface area contributed by atoms with Crippen molar-refractivity contribution in [2.45, 2.75) is 6.04 Å². The van der Waals surface area contributed by atoms with Crippen LogP contribution >= 0.6 is 0 Å². The lowest BCUT2D eigenvalue weighted by molar-refractivity contribution is 0.0594. The van der Waals surface area contributed by atoms with Crippen LogP contribution in [0.25, 0.3) is 0 Å². The SMILES string of the molecule is COC(=O)c1ccc([C@H](N)CO)cn1. The van der Waals surface area contributed by atoms with Crippen LogP contribution in [0, 0.1) is 0 Å². The van der Waals surface area contributed by atoms with Gasteiger partial charge in [0.2, 0.25) is 0 Å². The summed E-state index contributed by atoms with van der Waals surface area (Å²) in [5.74, 6) is -0.492. The summed E-state index contributed by atoms with van der Waals surface area (Å²) in [5.41, 5.74) is 6.45. The highest BCUT2D eigenvalue weighted by atomic mass is 16.5. The zero-order valence-electron chi connectivity index (χ0n) is 7.80. The number of carbonyl (C=O) groups is 1. The molecule has 0 unspecified atom stereocenters. The number of aliphatic hydroxyl groups excluding tert-OH is 1. The Hall–Kier alpha value is -1.46. The predicted molar refractivity (Wildman–Crippen MR) is 49.6 cm³/mol. The van der Waals surface area contributed by atoms with E-state index in [9.17, 15) is 4.79 Å². The third-order valence-corrected chi connectivity index (χ3v) is 1.81. The molecule has 1 rings (SSSR count). The number of hydrogen-bond acceptors (Lipinski definition) is 5. The molecule has 0 spiro atoms. The average molecular weight is 196 g/mol. The third kappa shape index (κ3) is 2.27. The maximum Gasteiger partial charge on any atom is 0.356 e. The first kappa shape index (κ1) is 10.6. The van der Waals surface area contributed by atoms with Gasteiger partial charge in [-0.25, -0.2) is 9.78 Å². The molecule has 0 fully saturated rings. The van der Waals surface area contributed by atoms with Gasteiger partial charge in [0.25, 0.3) is 0 Å². The van der Waals surface area contributed by atoms with Crippen molar-refractivity contribution in [3.63, 3.8) is 0 Å². The van der Waals surface area contributed by atoms with Crippen molar-refractivity contribution < 1.29 is 14.6 Å². The number of rotatable bonds is 3. The Balaban J connectivity index is 2.83. The van der Waals surface area contributed by atoms with Crippen molar-refractivity contribution in [1.29, 1.82) is 0 Å². The molecular weight excluding hydrogens is 184 g/mol. The number of pyridine rings is 1. The molecule has 0 aromatic carbocycles. The van der Waals surface area contributed by atoms with Gasteiger partial charge in [0.05, 0.1) is 19.8 Å². The van der Waals surface area contributed by atoms with Crippen LogP contribution in [0.3, 0.4) is 0 Å². The molecular formula is C9H12N2O3. The number of ether oxygens (including phenoxy) is 1. The maximum atomic E-state index is 11.0. The Kier molecular flexibility index (Phi) is 3.55. The number of aromatic nitrogens is 1. The fraction of sp³-hybridized carbons (Fsp3) is 0.333. The van der Waals surface area contributed by atoms with Crippen molar-refractivity contribution in [3.8, 4) is 0 Å². The number of hydrogen-bond donors (Lipinski definition) is 2. The number of nitrogens with two attached hydrogens (primary N) is 1. The van der Waals surface area contributed by atoms with Crippen molar-refractivity contribution in [1.82, 2.24) is 4.98 Å². The van der Waals surface area contributed by atoms with Crippen molar-refractivity contribution in [2.75, 3.05) is 13.7 Å². The van der Waals surface area contributed by atoms with Gasteiger partial charge in [-0.2, -0.15) is 0 Å². The summed E-state index contributed by atoms with van der Waals surface area (Å²) in [5, 5.41) is 8.77.